The van der Waals surface area contributed by atoms with Crippen molar-refractivity contribution in [2.75, 3.05) is 0 Å². The molecule has 19 heavy (non-hydrogen) atoms. The van der Waals surface area contributed by atoms with Gasteiger partial charge >= 0.3 is 6.18 Å². The normalized spacial score (nSPS) is 12.4. The lowest BCUT2D eigenvalue weighted by atomic mass is 10.1. The summed E-state index contributed by atoms with van der Waals surface area (Å²) in [5.41, 5.74) is -0.998. The Bertz CT molecular complexity index is 792. The third-order valence-electron chi connectivity index (χ3n) is 2.86. The summed E-state index contributed by atoms with van der Waals surface area (Å²) in [5.74, 6) is -0.731. The molecule has 0 spiro atoms. The molecule has 3 rings (SSSR count). The van der Waals surface area contributed by atoms with E-state index in [0.29, 0.717) is 10.1 Å². The Hall–Kier alpha value is -1.27. The van der Waals surface area contributed by atoms with E-state index in [-0.39, 0.29) is 0 Å². The van der Waals surface area contributed by atoms with Crippen molar-refractivity contribution in [3.05, 3.63) is 40.4 Å². The first-order valence-corrected chi connectivity index (χ1v) is 6.89. The first kappa shape index (κ1) is 12.7. The number of rotatable bonds is 0. The number of thiophene rings is 1. The average Bonchev–Trinajstić information content (AvgIpc) is 2.62. The highest BCUT2D eigenvalue weighted by atomic mass is 79.9. The highest BCUT2D eigenvalue weighted by Crippen LogP contribution is 2.43. The SMILES string of the molecule is Oc1cc2sc3cc(Br)ccc3c2cc1C(F)(F)F. The maximum absolute atomic E-state index is 12.8. The van der Waals surface area contributed by atoms with Gasteiger partial charge in [0.05, 0.1) is 5.56 Å². The molecule has 98 valence electrons. The average molecular weight is 347 g/mol. The van der Waals surface area contributed by atoms with Gasteiger partial charge in [0.25, 0.3) is 0 Å². The van der Waals surface area contributed by atoms with E-state index in [9.17, 15) is 18.3 Å². The molecule has 0 aliphatic rings. The van der Waals surface area contributed by atoms with E-state index in [4.69, 9.17) is 0 Å². The number of fused-ring (bicyclic) bond motifs is 3. The Morgan fingerprint density at radius 2 is 1.68 bits per heavy atom. The molecule has 1 nitrogen and oxygen atoms in total. The smallest absolute Gasteiger partial charge is 0.419 e. The Balaban J connectivity index is 2.41. The van der Waals surface area contributed by atoms with Gasteiger partial charge in [-0.15, -0.1) is 11.3 Å². The number of alkyl halides is 3. The second kappa shape index (κ2) is 4.11. The zero-order valence-electron chi connectivity index (χ0n) is 9.25. The monoisotopic (exact) mass is 346 g/mol. The minimum Gasteiger partial charge on any atom is -0.507 e. The van der Waals surface area contributed by atoms with E-state index in [0.717, 1.165) is 20.6 Å². The van der Waals surface area contributed by atoms with Crippen LogP contribution in [-0.4, -0.2) is 5.11 Å². The van der Waals surface area contributed by atoms with Gasteiger partial charge in [0, 0.05) is 24.6 Å². The summed E-state index contributed by atoms with van der Waals surface area (Å²) in [6.07, 6.45) is -4.55. The predicted octanol–water partition coefficient (Wildman–Crippen LogP) is 5.54. The molecule has 0 radical (unpaired) electrons. The zero-order valence-corrected chi connectivity index (χ0v) is 11.7. The van der Waals surface area contributed by atoms with Crippen LogP contribution in [0.4, 0.5) is 13.2 Å². The van der Waals surface area contributed by atoms with Gasteiger partial charge in [-0.2, -0.15) is 13.2 Å². The van der Waals surface area contributed by atoms with E-state index in [1.54, 1.807) is 12.1 Å². The molecule has 2 aromatic carbocycles. The van der Waals surface area contributed by atoms with Crippen LogP contribution in [0.1, 0.15) is 5.56 Å². The summed E-state index contributed by atoms with van der Waals surface area (Å²) < 4.78 is 40.7. The first-order chi connectivity index (χ1) is 8.86. The van der Waals surface area contributed by atoms with E-state index in [1.807, 2.05) is 6.07 Å². The van der Waals surface area contributed by atoms with Gasteiger partial charge in [-0.3, -0.25) is 0 Å². The maximum Gasteiger partial charge on any atom is 0.419 e. The molecule has 0 unspecified atom stereocenters. The summed E-state index contributed by atoms with van der Waals surface area (Å²) in [7, 11) is 0. The Morgan fingerprint density at radius 1 is 1.00 bits per heavy atom. The highest BCUT2D eigenvalue weighted by molar-refractivity contribution is 9.10. The molecule has 1 aromatic heterocycles. The molecule has 6 heteroatoms. The second-order valence-electron chi connectivity index (χ2n) is 4.11. The van der Waals surface area contributed by atoms with Crippen LogP contribution < -0.4 is 0 Å². The molecular formula is C13H6BrF3OS. The van der Waals surface area contributed by atoms with Gasteiger partial charge in [0.15, 0.2) is 0 Å². The number of halogens is 4. The van der Waals surface area contributed by atoms with Crippen molar-refractivity contribution in [3.63, 3.8) is 0 Å². The molecule has 0 atom stereocenters. The second-order valence-corrected chi connectivity index (χ2v) is 6.11. The number of aromatic hydroxyl groups is 1. The van der Waals surface area contributed by atoms with Gasteiger partial charge in [-0.1, -0.05) is 22.0 Å². The fourth-order valence-corrected chi connectivity index (χ4v) is 3.69. The van der Waals surface area contributed by atoms with Crippen LogP contribution in [0.15, 0.2) is 34.8 Å². The van der Waals surface area contributed by atoms with Crippen LogP contribution in [-0.2, 0) is 6.18 Å². The largest absolute Gasteiger partial charge is 0.507 e. The van der Waals surface area contributed by atoms with Crippen molar-refractivity contribution in [1.29, 1.82) is 0 Å². The molecule has 0 aliphatic carbocycles. The fraction of sp³-hybridized carbons (Fsp3) is 0.0769. The quantitative estimate of drug-likeness (QED) is 0.566. The molecule has 0 saturated heterocycles. The topological polar surface area (TPSA) is 20.2 Å². The van der Waals surface area contributed by atoms with E-state index in [2.05, 4.69) is 15.9 Å². The van der Waals surface area contributed by atoms with Gasteiger partial charge in [-0.25, -0.2) is 0 Å². The van der Waals surface area contributed by atoms with Crippen molar-refractivity contribution < 1.29 is 18.3 Å². The maximum atomic E-state index is 12.8. The molecule has 0 bridgehead atoms. The molecule has 3 aromatic rings. The lowest BCUT2D eigenvalue weighted by Crippen LogP contribution is -2.04. The molecular weight excluding hydrogens is 341 g/mol. The summed E-state index contributed by atoms with van der Waals surface area (Å²) in [5, 5.41) is 10.8. The number of hydrogen-bond acceptors (Lipinski definition) is 2. The minimum atomic E-state index is -4.55. The van der Waals surface area contributed by atoms with Crippen LogP contribution in [0.2, 0.25) is 0 Å². The highest BCUT2D eigenvalue weighted by Gasteiger charge is 2.34. The van der Waals surface area contributed by atoms with Crippen LogP contribution in [0, 0.1) is 0 Å². The number of benzene rings is 2. The van der Waals surface area contributed by atoms with Crippen molar-refractivity contribution in [3.8, 4) is 5.75 Å². The third kappa shape index (κ3) is 2.08. The molecule has 1 heterocycles. The predicted molar refractivity (Wildman–Crippen MR) is 73.7 cm³/mol. The van der Waals surface area contributed by atoms with Crippen molar-refractivity contribution in [2.24, 2.45) is 0 Å². The summed E-state index contributed by atoms with van der Waals surface area (Å²) >= 11 is 4.68. The summed E-state index contributed by atoms with van der Waals surface area (Å²) in [6.45, 7) is 0. The standard InChI is InChI=1S/C13H6BrF3OS/c14-6-1-2-7-8-4-9(13(15,16)17)10(18)5-12(8)19-11(7)3-6/h1-5,18H. The van der Waals surface area contributed by atoms with Crippen LogP contribution in [0.25, 0.3) is 20.2 Å². The number of phenols is 1. The van der Waals surface area contributed by atoms with E-state index < -0.39 is 17.5 Å². The van der Waals surface area contributed by atoms with Crippen LogP contribution in [0.3, 0.4) is 0 Å². The fourth-order valence-electron chi connectivity index (χ4n) is 2.01. The third-order valence-corrected chi connectivity index (χ3v) is 4.47. The summed E-state index contributed by atoms with van der Waals surface area (Å²) in [4.78, 5) is 0. The van der Waals surface area contributed by atoms with Gasteiger partial charge in [0.2, 0.25) is 0 Å². The van der Waals surface area contributed by atoms with Crippen molar-refractivity contribution in [1.82, 2.24) is 0 Å². The van der Waals surface area contributed by atoms with E-state index in [1.165, 1.54) is 17.4 Å². The van der Waals surface area contributed by atoms with Crippen LogP contribution >= 0.6 is 27.3 Å². The molecule has 0 fully saturated rings. The lowest BCUT2D eigenvalue weighted by molar-refractivity contribution is -0.138. The van der Waals surface area contributed by atoms with Gasteiger partial charge < -0.3 is 5.11 Å². The van der Waals surface area contributed by atoms with Crippen LogP contribution in [0.5, 0.6) is 5.75 Å². The van der Waals surface area contributed by atoms with Crippen molar-refractivity contribution in [2.45, 2.75) is 6.18 Å². The van der Waals surface area contributed by atoms with Gasteiger partial charge in [0.1, 0.15) is 5.75 Å². The Morgan fingerprint density at radius 3 is 2.37 bits per heavy atom. The molecule has 1 N–H and O–H groups in total. The molecule has 0 saturated carbocycles. The minimum absolute atomic E-state index is 0.512. The zero-order chi connectivity index (χ0) is 13.8. The van der Waals surface area contributed by atoms with Gasteiger partial charge in [-0.05, 0) is 24.3 Å². The molecule has 0 amide bonds. The summed E-state index contributed by atoms with van der Waals surface area (Å²) in [6, 6.07) is 7.60. The van der Waals surface area contributed by atoms with Crippen molar-refractivity contribution >= 4 is 47.4 Å². The Kier molecular flexibility index (Phi) is 2.76. The Labute approximate surface area is 118 Å². The first-order valence-electron chi connectivity index (χ1n) is 5.28. The molecule has 0 aliphatic heterocycles. The number of hydrogen-bond donors (Lipinski definition) is 1. The number of phenolic OH excluding ortho intramolecular Hbond substituents is 1. The van der Waals surface area contributed by atoms with E-state index >= 15 is 0 Å². The lowest BCUT2D eigenvalue weighted by Gasteiger charge is -2.08.